The van der Waals surface area contributed by atoms with Gasteiger partial charge in [-0.1, -0.05) is 6.07 Å². The molecule has 1 aliphatic rings. The third kappa shape index (κ3) is 4.24. The molecule has 2 amide bonds. The standard InChI is InChI=1S/C20H17NO7S/c1-11-4-5-12(19(24)27-3)8-14(11)15-7-6-13(28-15)9-16-18(23)21(20(25)29-16)10-17(22)26-2/h4-9H,10H2,1-3H3/b16-9-. The van der Waals surface area contributed by atoms with Crippen LogP contribution in [-0.4, -0.2) is 48.7 Å². The number of benzene rings is 1. The number of nitrogens with zero attached hydrogens (tertiary/aromatic N) is 1. The van der Waals surface area contributed by atoms with Crippen molar-refractivity contribution < 1.29 is 33.1 Å². The Hall–Kier alpha value is -3.33. The smallest absolute Gasteiger partial charge is 0.337 e. The van der Waals surface area contributed by atoms with Gasteiger partial charge in [0.15, 0.2) is 0 Å². The van der Waals surface area contributed by atoms with Gasteiger partial charge in [-0.3, -0.25) is 19.3 Å². The number of imide groups is 1. The van der Waals surface area contributed by atoms with Crippen molar-refractivity contribution in [3.05, 3.63) is 52.1 Å². The molecule has 0 spiro atoms. The van der Waals surface area contributed by atoms with E-state index in [0.29, 0.717) is 34.4 Å². The average molecular weight is 415 g/mol. The maximum absolute atomic E-state index is 12.4. The van der Waals surface area contributed by atoms with Crippen molar-refractivity contribution in [2.45, 2.75) is 6.92 Å². The van der Waals surface area contributed by atoms with Crippen LogP contribution in [0.25, 0.3) is 17.4 Å². The van der Waals surface area contributed by atoms with Crippen molar-refractivity contribution in [1.82, 2.24) is 4.90 Å². The molecule has 0 bridgehead atoms. The van der Waals surface area contributed by atoms with E-state index in [2.05, 4.69) is 4.74 Å². The number of esters is 2. The van der Waals surface area contributed by atoms with E-state index >= 15 is 0 Å². The minimum Gasteiger partial charge on any atom is -0.468 e. The molecule has 0 aliphatic carbocycles. The Morgan fingerprint density at radius 1 is 1.14 bits per heavy atom. The van der Waals surface area contributed by atoms with Gasteiger partial charge in [0.25, 0.3) is 11.1 Å². The molecular formula is C20H17NO7S. The van der Waals surface area contributed by atoms with Crippen LogP contribution in [-0.2, 0) is 19.1 Å². The lowest BCUT2D eigenvalue weighted by molar-refractivity contribution is -0.143. The number of ether oxygens (including phenoxy) is 2. The molecule has 0 radical (unpaired) electrons. The molecular weight excluding hydrogens is 398 g/mol. The second-order valence-electron chi connectivity index (χ2n) is 6.07. The van der Waals surface area contributed by atoms with Crippen molar-refractivity contribution >= 4 is 40.9 Å². The van der Waals surface area contributed by atoms with E-state index in [1.807, 2.05) is 6.92 Å². The molecule has 8 nitrogen and oxygen atoms in total. The van der Waals surface area contributed by atoms with Crippen LogP contribution in [0, 0.1) is 6.92 Å². The van der Waals surface area contributed by atoms with E-state index in [1.165, 1.54) is 20.3 Å². The van der Waals surface area contributed by atoms with Crippen molar-refractivity contribution in [3.8, 4) is 11.3 Å². The predicted octanol–water partition coefficient (Wildman–Crippen LogP) is 3.25. The molecule has 1 aromatic carbocycles. The maximum atomic E-state index is 12.4. The maximum Gasteiger partial charge on any atom is 0.337 e. The first-order valence-corrected chi connectivity index (χ1v) is 9.27. The van der Waals surface area contributed by atoms with Crippen LogP contribution in [0.5, 0.6) is 0 Å². The Balaban J connectivity index is 1.86. The van der Waals surface area contributed by atoms with Crippen molar-refractivity contribution in [1.29, 1.82) is 0 Å². The van der Waals surface area contributed by atoms with Crippen LogP contribution < -0.4 is 0 Å². The zero-order valence-electron chi connectivity index (χ0n) is 15.9. The molecule has 0 atom stereocenters. The SMILES string of the molecule is COC(=O)CN1C(=O)S/C(=C\c2ccc(-c3cc(C(=O)OC)ccc3C)o2)C1=O. The molecule has 0 saturated carbocycles. The molecule has 2 heterocycles. The Morgan fingerprint density at radius 3 is 2.59 bits per heavy atom. The number of carbonyl (C=O) groups excluding carboxylic acids is 4. The number of hydrogen-bond acceptors (Lipinski definition) is 8. The van der Waals surface area contributed by atoms with Gasteiger partial charge in [0.2, 0.25) is 0 Å². The zero-order chi connectivity index (χ0) is 21.1. The van der Waals surface area contributed by atoms with Gasteiger partial charge in [0.1, 0.15) is 18.1 Å². The van der Waals surface area contributed by atoms with E-state index in [9.17, 15) is 19.2 Å². The molecule has 1 aromatic heterocycles. The van der Waals surface area contributed by atoms with E-state index in [4.69, 9.17) is 9.15 Å². The van der Waals surface area contributed by atoms with Crippen LogP contribution in [0.3, 0.4) is 0 Å². The topological polar surface area (TPSA) is 103 Å². The summed E-state index contributed by atoms with van der Waals surface area (Å²) in [7, 11) is 2.49. The van der Waals surface area contributed by atoms with Gasteiger partial charge in [-0.05, 0) is 48.5 Å². The highest BCUT2D eigenvalue weighted by Crippen LogP contribution is 2.34. The van der Waals surface area contributed by atoms with Crippen LogP contribution in [0.2, 0.25) is 0 Å². The zero-order valence-corrected chi connectivity index (χ0v) is 16.7. The number of methoxy groups -OCH3 is 2. The fraction of sp³-hybridized carbons (Fsp3) is 0.200. The summed E-state index contributed by atoms with van der Waals surface area (Å²) in [6, 6.07) is 8.45. The second-order valence-corrected chi connectivity index (χ2v) is 7.06. The fourth-order valence-electron chi connectivity index (χ4n) is 2.67. The lowest BCUT2D eigenvalue weighted by Gasteiger charge is -2.09. The van der Waals surface area contributed by atoms with Gasteiger partial charge in [-0.15, -0.1) is 0 Å². The molecule has 1 saturated heterocycles. The van der Waals surface area contributed by atoms with Gasteiger partial charge >= 0.3 is 11.9 Å². The number of carbonyl (C=O) groups is 4. The summed E-state index contributed by atoms with van der Waals surface area (Å²) in [4.78, 5) is 48.4. The minimum atomic E-state index is -0.685. The molecule has 29 heavy (non-hydrogen) atoms. The summed E-state index contributed by atoms with van der Waals surface area (Å²) < 4.78 is 15.0. The highest BCUT2D eigenvalue weighted by atomic mass is 32.2. The monoisotopic (exact) mass is 415 g/mol. The Kier molecular flexibility index (Phi) is 5.88. The highest BCUT2D eigenvalue weighted by Gasteiger charge is 2.36. The minimum absolute atomic E-state index is 0.139. The van der Waals surface area contributed by atoms with Gasteiger partial charge in [-0.2, -0.15) is 0 Å². The molecule has 2 aromatic rings. The van der Waals surface area contributed by atoms with Gasteiger partial charge in [-0.25, -0.2) is 4.79 Å². The predicted molar refractivity (Wildman–Crippen MR) is 105 cm³/mol. The van der Waals surface area contributed by atoms with Crippen molar-refractivity contribution in [2.24, 2.45) is 0 Å². The quantitative estimate of drug-likeness (QED) is 0.542. The molecule has 9 heteroatoms. The first-order valence-electron chi connectivity index (χ1n) is 8.45. The number of thioether (sulfide) groups is 1. The Morgan fingerprint density at radius 2 is 1.90 bits per heavy atom. The number of hydrogen-bond donors (Lipinski definition) is 0. The summed E-state index contributed by atoms with van der Waals surface area (Å²) in [6.45, 7) is 1.43. The number of rotatable bonds is 5. The van der Waals surface area contributed by atoms with Crippen LogP contribution in [0.1, 0.15) is 21.7 Å². The fourth-order valence-corrected chi connectivity index (χ4v) is 3.48. The third-order valence-corrected chi connectivity index (χ3v) is 5.12. The summed E-state index contributed by atoms with van der Waals surface area (Å²) in [5, 5.41) is -0.556. The lowest BCUT2D eigenvalue weighted by atomic mass is 10.0. The first-order chi connectivity index (χ1) is 13.8. The van der Waals surface area contributed by atoms with E-state index in [-0.39, 0.29) is 4.91 Å². The van der Waals surface area contributed by atoms with Gasteiger partial charge in [0.05, 0.1) is 24.7 Å². The molecule has 3 rings (SSSR count). The van der Waals surface area contributed by atoms with Gasteiger partial charge < -0.3 is 13.9 Å². The second kappa shape index (κ2) is 8.36. The molecule has 0 N–H and O–H groups in total. The summed E-state index contributed by atoms with van der Waals surface area (Å²) >= 11 is 0.716. The van der Waals surface area contributed by atoms with E-state index in [0.717, 1.165) is 10.5 Å². The summed E-state index contributed by atoms with van der Waals surface area (Å²) in [5.41, 5.74) is 1.97. The van der Waals surface area contributed by atoms with Gasteiger partial charge in [0, 0.05) is 11.6 Å². The molecule has 150 valence electrons. The molecule has 1 fully saturated rings. The number of furan rings is 1. The largest absolute Gasteiger partial charge is 0.468 e. The third-order valence-electron chi connectivity index (χ3n) is 4.21. The first kappa shape index (κ1) is 20.4. The summed E-state index contributed by atoms with van der Waals surface area (Å²) in [6.07, 6.45) is 1.44. The lowest BCUT2D eigenvalue weighted by Crippen LogP contribution is -2.34. The van der Waals surface area contributed by atoms with Crippen LogP contribution >= 0.6 is 11.8 Å². The van der Waals surface area contributed by atoms with E-state index in [1.54, 1.807) is 30.3 Å². The Bertz CT molecular complexity index is 1040. The molecule has 1 aliphatic heterocycles. The van der Waals surface area contributed by atoms with E-state index < -0.39 is 29.6 Å². The number of amides is 2. The molecule has 0 unspecified atom stereocenters. The highest BCUT2D eigenvalue weighted by molar-refractivity contribution is 8.18. The van der Waals surface area contributed by atoms with Crippen LogP contribution in [0.4, 0.5) is 4.79 Å². The number of aryl methyl sites for hydroxylation is 1. The normalized spacial score (nSPS) is 15.1. The van der Waals surface area contributed by atoms with Crippen molar-refractivity contribution in [3.63, 3.8) is 0 Å². The Labute approximate surface area is 170 Å². The average Bonchev–Trinajstić information content (AvgIpc) is 3.27. The van der Waals surface area contributed by atoms with Crippen LogP contribution in [0.15, 0.2) is 39.7 Å². The van der Waals surface area contributed by atoms with Crippen molar-refractivity contribution in [2.75, 3.05) is 20.8 Å². The summed E-state index contributed by atoms with van der Waals surface area (Å²) in [5.74, 6) is -0.890.